The van der Waals surface area contributed by atoms with Gasteiger partial charge in [0, 0.05) is 25.5 Å². The Labute approximate surface area is 195 Å². The molecule has 8 heteroatoms. The largest absolute Gasteiger partial charge is 0.330 e. The molecule has 1 aliphatic rings. The Bertz CT molecular complexity index is 1130. The molecule has 0 bridgehead atoms. The van der Waals surface area contributed by atoms with Gasteiger partial charge in [0.25, 0.3) is 5.91 Å². The number of allylic oxidation sites excluding steroid dienone is 9. The van der Waals surface area contributed by atoms with Gasteiger partial charge < -0.3 is 4.57 Å². The van der Waals surface area contributed by atoms with Crippen LogP contribution in [0.5, 0.6) is 0 Å². The molecule has 1 atom stereocenters. The van der Waals surface area contributed by atoms with E-state index in [-0.39, 0.29) is 11.3 Å². The van der Waals surface area contributed by atoms with Crippen molar-refractivity contribution in [3.05, 3.63) is 77.5 Å². The van der Waals surface area contributed by atoms with Crippen LogP contribution in [-0.4, -0.2) is 35.7 Å². The molecule has 0 aromatic carbocycles. The summed E-state index contributed by atoms with van der Waals surface area (Å²) in [4.78, 5) is 16.3. The maximum atomic E-state index is 12.1. The number of carbonyl (C=O) groups is 1. The molecule has 0 fully saturated rings. The molecule has 0 saturated heterocycles. The molecule has 8 nitrogen and oxygen atoms in total. The van der Waals surface area contributed by atoms with Crippen LogP contribution >= 0.6 is 0 Å². The number of rotatable bonds is 7. The second kappa shape index (κ2) is 10.4. The quantitative estimate of drug-likeness (QED) is 0.490. The molecule has 1 unspecified atom stereocenters. The van der Waals surface area contributed by atoms with E-state index in [2.05, 4.69) is 70.2 Å². The van der Waals surface area contributed by atoms with Crippen molar-refractivity contribution in [2.24, 2.45) is 12.5 Å². The fraction of sp³-hybridized carbons (Fsp3) is 0.400. The topological polar surface area (TPSA) is 90.5 Å². The van der Waals surface area contributed by atoms with Crippen LogP contribution in [0.1, 0.15) is 53.5 Å². The summed E-state index contributed by atoms with van der Waals surface area (Å²) < 4.78 is 3.60. The molecule has 0 aliphatic heterocycles. The van der Waals surface area contributed by atoms with Gasteiger partial charge in [-0.25, -0.2) is 9.67 Å². The zero-order chi connectivity index (χ0) is 24.0. The molecule has 1 aliphatic carbocycles. The molecule has 3 rings (SSSR count). The normalized spacial score (nSPS) is 19.6. The first kappa shape index (κ1) is 24.1. The number of nitrogens with zero attached hydrogens (tertiary/aromatic N) is 6. The maximum absolute atomic E-state index is 12.1. The number of anilines is 1. The summed E-state index contributed by atoms with van der Waals surface area (Å²) in [5.74, 6) is 0.0319. The highest BCUT2D eigenvalue weighted by Gasteiger charge is 2.32. The molecule has 2 aromatic rings. The van der Waals surface area contributed by atoms with Crippen molar-refractivity contribution in [3.8, 4) is 0 Å². The zero-order valence-corrected chi connectivity index (χ0v) is 20.3. The lowest BCUT2D eigenvalue weighted by molar-refractivity contribution is -0.112. The van der Waals surface area contributed by atoms with Gasteiger partial charge in [0.05, 0.1) is 12.4 Å². The van der Waals surface area contributed by atoms with E-state index < -0.39 is 0 Å². The highest BCUT2D eigenvalue weighted by Crippen LogP contribution is 2.45. The average molecular weight is 448 g/mol. The summed E-state index contributed by atoms with van der Waals surface area (Å²) in [6.07, 6.45) is 19.9. The van der Waals surface area contributed by atoms with Crippen molar-refractivity contribution in [3.63, 3.8) is 0 Å². The first-order chi connectivity index (χ1) is 15.7. The fourth-order valence-electron chi connectivity index (χ4n) is 4.10. The van der Waals surface area contributed by atoms with Gasteiger partial charge in [-0.1, -0.05) is 54.9 Å². The Morgan fingerprint density at radius 3 is 2.70 bits per heavy atom. The van der Waals surface area contributed by atoms with E-state index in [1.54, 1.807) is 7.05 Å². The van der Waals surface area contributed by atoms with Gasteiger partial charge in [0.2, 0.25) is 5.95 Å². The number of hydrogen-bond donors (Lipinski definition) is 1. The molecule has 2 heterocycles. The minimum absolute atomic E-state index is 0.138. The maximum Gasteiger partial charge on any atom is 0.251 e. The fourth-order valence-corrected chi connectivity index (χ4v) is 4.10. The molecular weight excluding hydrogens is 414 g/mol. The number of tetrazole rings is 1. The van der Waals surface area contributed by atoms with Crippen LogP contribution < -0.4 is 5.32 Å². The number of imidazole rings is 1. The highest BCUT2D eigenvalue weighted by molar-refractivity contribution is 5.98. The first-order valence-corrected chi connectivity index (χ1v) is 11.1. The van der Waals surface area contributed by atoms with Crippen LogP contribution in [0.4, 0.5) is 5.95 Å². The van der Waals surface area contributed by atoms with E-state index in [0.29, 0.717) is 12.0 Å². The third kappa shape index (κ3) is 6.25. The summed E-state index contributed by atoms with van der Waals surface area (Å²) in [5, 5.41) is 13.6. The predicted octanol–water partition coefficient (Wildman–Crippen LogP) is 4.73. The van der Waals surface area contributed by atoms with E-state index in [0.717, 1.165) is 24.0 Å². The number of amides is 1. The number of aromatic nitrogens is 6. The molecule has 33 heavy (non-hydrogen) atoms. The average Bonchev–Trinajstić information content (AvgIpc) is 3.40. The van der Waals surface area contributed by atoms with Gasteiger partial charge in [0.15, 0.2) is 0 Å². The van der Waals surface area contributed by atoms with Gasteiger partial charge in [-0.15, -0.1) is 0 Å². The first-order valence-electron chi connectivity index (χ1n) is 11.1. The Balaban J connectivity index is 1.67. The molecule has 0 spiro atoms. The smallest absolute Gasteiger partial charge is 0.251 e. The monoisotopic (exact) mass is 447 g/mol. The summed E-state index contributed by atoms with van der Waals surface area (Å²) in [6.45, 7) is 10.8. The number of aryl methyl sites for hydroxylation is 1. The number of carbonyl (C=O) groups excluding carboxylic acids is 1. The van der Waals surface area contributed by atoms with Gasteiger partial charge in [0.1, 0.15) is 0 Å². The highest BCUT2D eigenvalue weighted by atomic mass is 16.1. The Morgan fingerprint density at radius 2 is 2.03 bits per heavy atom. The zero-order valence-electron chi connectivity index (χ0n) is 20.3. The minimum atomic E-state index is -0.273. The van der Waals surface area contributed by atoms with E-state index in [1.165, 1.54) is 21.9 Å². The van der Waals surface area contributed by atoms with Crippen molar-refractivity contribution in [2.45, 2.75) is 53.5 Å². The second-order valence-electron chi connectivity index (χ2n) is 9.15. The van der Waals surface area contributed by atoms with Gasteiger partial charge in [-0.2, -0.15) is 0 Å². The SMILES string of the molecule is CC(C=CC1=C(C)C(n2ccnc2)CCC1(C)C)=CC=CC(C)=CC(=O)Nc1nnnn1C. The summed E-state index contributed by atoms with van der Waals surface area (Å²) in [7, 11) is 1.66. The van der Waals surface area contributed by atoms with Crippen LogP contribution in [0.25, 0.3) is 0 Å². The van der Waals surface area contributed by atoms with E-state index >= 15 is 0 Å². The van der Waals surface area contributed by atoms with Crippen molar-refractivity contribution in [1.29, 1.82) is 0 Å². The lowest BCUT2D eigenvalue weighted by Gasteiger charge is -2.37. The molecule has 1 amide bonds. The van der Waals surface area contributed by atoms with Crippen molar-refractivity contribution in [2.75, 3.05) is 5.32 Å². The molecular formula is C25H33N7O. The summed E-state index contributed by atoms with van der Waals surface area (Å²) in [6, 6.07) is 0.362. The van der Waals surface area contributed by atoms with E-state index in [1.807, 2.05) is 43.9 Å². The molecule has 174 valence electrons. The van der Waals surface area contributed by atoms with E-state index in [4.69, 9.17) is 0 Å². The third-order valence-corrected chi connectivity index (χ3v) is 6.03. The number of hydrogen-bond acceptors (Lipinski definition) is 5. The van der Waals surface area contributed by atoms with Crippen LogP contribution in [0, 0.1) is 5.41 Å². The Hall–Kier alpha value is -3.55. The third-order valence-electron chi connectivity index (χ3n) is 6.03. The van der Waals surface area contributed by atoms with Crippen LogP contribution in [-0.2, 0) is 11.8 Å². The van der Waals surface area contributed by atoms with Crippen LogP contribution in [0.3, 0.4) is 0 Å². The lowest BCUT2D eigenvalue weighted by Crippen LogP contribution is -2.25. The Morgan fingerprint density at radius 1 is 1.24 bits per heavy atom. The lowest BCUT2D eigenvalue weighted by atomic mass is 9.71. The van der Waals surface area contributed by atoms with Gasteiger partial charge >= 0.3 is 0 Å². The predicted molar refractivity (Wildman–Crippen MR) is 130 cm³/mol. The van der Waals surface area contributed by atoms with Crippen LogP contribution in [0.15, 0.2) is 77.5 Å². The van der Waals surface area contributed by atoms with Crippen LogP contribution in [0.2, 0.25) is 0 Å². The number of nitrogens with one attached hydrogen (secondary N) is 1. The van der Waals surface area contributed by atoms with Gasteiger partial charge in [-0.3, -0.25) is 10.1 Å². The summed E-state index contributed by atoms with van der Waals surface area (Å²) >= 11 is 0. The second-order valence-corrected chi connectivity index (χ2v) is 9.15. The molecule has 1 N–H and O–H groups in total. The molecule has 0 saturated carbocycles. The van der Waals surface area contributed by atoms with Crippen molar-refractivity contribution in [1.82, 2.24) is 29.8 Å². The van der Waals surface area contributed by atoms with E-state index in [9.17, 15) is 4.79 Å². The van der Waals surface area contributed by atoms with Gasteiger partial charge in [-0.05, 0) is 66.2 Å². The standard InChI is InChI=1S/C25H33N7O/c1-18(8-7-9-19(2)16-23(33)27-24-28-29-30-31(24)6)10-11-21-20(3)22(12-13-25(21,4)5)32-15-14-26-17-32/h7-11,14-17,22H,12-13H2,1-6H3,(H,27,28,30,33). The molecule has 2 aromatic heterocycles. The van der Waals surface area contributed by atoms with Crippen molar-refractivity contribution >= 4 is 11.9 Å². The van der Waals surface area contributed by atoms with Crippen molar-refractivity contribution < 1.29 is 4.79 Å². The molecule has 0 radical (unpaired) electrons. The minimum Gasteiger partial charge on any atom is -0.330 e. The summed E-state index contributed by atoms with van der Waals surface area (Å²) in [5.41, 5.74) is 4.88. The Kier molecular flexibility index (Phi) is 7.58.